The predicted octanol–water partition coefficient (Wildman–Crippen LogP) is 3.98. The van der Waals surface area contributed by atoms with Crippen molar-refractivity contribution in [3.05, 3.63) is 58.8 Å². The minimum Gasteiger partial charge on any atom is -0.469 e. The zero-order valence-corrected chi connectivity index (χ0v) is 9.72. The first-order valence-corrected chi connectivity index (χ1v) is 5.26. The number of rotatable bonds is 2. The number of furan rings is 1. The highest BCUT2D eigenvalue weighted by atomic mass is 19.4. The summed E-state index contributed by atoms with van der Waals surface area (Å²) in [6.45, 7) is 1.52. The molecule has 0 unspecified atom stereocenters. The molecule has 0 bridgehead atoms. The van der Waals surface area contributed by atoms with Crippen molar-refractivity contribution in [2.75, 3.05) is 0 Å². The number of alkyl halides is 3. The number of carbonyl (C=O) groups excluding carboxylic acids is 1. The largest absolute Gasteiger partial charge is 0.469 e. The Bertz CT molecular complexity index is 626. The Labute approximate surface area is 105 Å². The molecule has 2 rings (SSSR count). The summed E-state index contributed by atoms with van der Waals surface area (Å²) in [6.07, 6.45) is -3.58. The van der Waals surface area contributed by atoms with Crippen molar-refractivity contribution < 1.29 is 26.8 Å². The molecule has 0 atom stereocenters. The molecule has 1 heterocycles. The van der Waals surface area contributed by atoms with Gasteiger partial charge < -0.3 is 4.42 Å². The van der Waals surface area contributed by atoms with E-state index >= 15 is 0 Å². The van der Waals surface area contributed by atoms with Crippen LogP contribution in [0.1, 0.15) is 27.2 Å². The maximum Gasteiger partial charge on any atom is 0.419 e. The van der Waals surface area contributed by atoms with E-state index in [0.717, 1.165) is 6.07 Å². The fourth-order valence-electron chi connectivity index (χ4n) is 1.66. The van der Waals surface area contributed by atoms with Crippen LogP contribution in [-0.2, 0) is 6.18 Å². The van der Waals surface area contributed by atoms with Gasteiger partial charge in [-0.15, -0.1) is 0 Å². The molecule has 0 fully saturated rings. The lowest BCUT2D eigenvalue weighted by Crippen LogP contribution is -2.11. The van der Waals surface area contributed by atoms with Crippen LogP contribution in [0.3, 0.4) is 0 Å². The molecule has 2 nitrogen and oxygen atoms in total. The van der Waals surface area contributed by atoms with Crippen LogP contribution in [0.25, 0.3) is 0 Å². The molecule has 100 valence electrons. The Hall–Kier alpha value is -2.11. The zero-order chi connectivity index (χ0) is 14.2. The van der Waals surface area contributed by atoms with Crippen LogP contribution in [0, 0.1) is 12.7 Å². The van der Waals surface area contributed by atoms with E-state index in [1.165, 1.54) is 19.3 Å². The maximum absolute atomic E-state index is 13.1. The third-order valence-corrected chi connectivity index (χ3v) is 2.64. The Morgan fingerprint density at radius 2 is 1.89 bits per heavy atom. The molecule has 0 aliphatic rings. The second-order valence-corrected chi connectivity index (χ2v) is 3.91. The van der Waals surface area contributed by atoms with Gasteiger partial charge in [-0.2, -0.15) is 13.2 Å². The van der Waals surface area contributed by atoms with Gasteiger partial charge in [0, 0.05) is 5.56 Å². The molecule has 1 aromatic carbocycles. The van der Waals surface area contributed by atoms with Crippen molar-refractivity contribution >= 4 is 5.78 Å². The van der Waals surface area contributed by atoms with E-state index in [-0.39, 0.29) is 11.1 Å². The maximum atomic E-state index is 13.1. The number of hydrogen-bond acceptors (Lipinski definition) is 2. The Morgan fingerprint density at radius 1 is 1.21 bits per heavy atom. The molecule has 19 heavy (non-hydrogen) atoms. The van der Waals surface area contributed by atoms with Crippen molar-refractivity contribution in [3.8, 4) is 0 Å². The first-order valence-electron chi connectivity index (χ1n) is 5.26. The van der Waals surface area contributed by atoms with Gasteiger partial charge in [0.2, 0.25) is 0 Å². The number of aryl methyl sites for hydroxylation is 1. The monoisotopic (exact) mass is 272 g/mol. The second-order valence-electron chi connectivity index (χ2n) is 3.91. The fraction of sp³-hybridized carbons (Fsp3) is 0.154. The minimum absolute atomic E-state index is 0.153. The van der Waals surface area contributed by atoms with E-state index in [9.17, 15) is 22.4 Å². The van der Waals surface area contributed by atoms with Crippen LogP contribution in [0.4, 0.5) is 17.6 Å². The summed E-state index contributed by atoms with van der Waals surface area (Å²) < 4.78 is 55.6. The quantitative estimate of drug-likeness (QED) is 0.611. The van der Waals surface area contributed by atoms with Crippen LogP contribution in [0.2, 0.25) is 0 Å². The van der Waals surface area contributed by atoms with Crippen molar-refractivity contribution in [2.45, 2.75) is 13.1 Å². The van der Waals surface area contributed by atoms with Gasteiger partial charge in [-0.3, -0.25) is 4.79 Å². The van der Waals surface area contributed by atoms with E-state index in [0.29, 0.717) is 17.9 Å². The van der Waals surface area contributed by atoms with Crippen LogP contribution in [0.15, 0.2) is 34.9 Å². The molecular weight excluding hydrogens is 264 g/mol. The lowest BCUT2D eigenvalue weighted by atomic mass is 10.0. The summed E-state index contributed by atoms with van der Waals surface area (Å²) in [7, 11) is 0. The summed E-state index contributed by atoms with van der Waals surface area (Å²) in [5, 5.41) is 0. The van der Waals surface area contributed by atoms with Gasteiger partial charge in [0.05, 0.1) is 17.4 Å². The highest BCUT2D eigenvalue weighted by Crippen LogP contribution is 2.32. The third-order valence-electron chi connectivity index (χ3n) is 2.64. The molecule has 1 aromatic heterocycles. The SMILES string of the molecule is Cc1occc1C(=O)c1ccc(F)c(C(F)(F)F)c1. The van der Waals surface area contributed by atoms with E-state index in [2.05, 4.69) is 0 Å². The van der Waals surface area contributed by atoms with Crippen molar-refractivity contribution in [3.63, 3.8) is 0 Å². The number of benzene rings is 1. The molecule has 0 radical (unpaired) electrons. The molecule has 0 saturated heterocycles. The van der Waals surface area contributed by atoms with E-state index in [1.54, 1.807) is 0 Å². The summed E-state index contributed by atoms with van der Waals surface area (Å²) in [5.74, 6) is -1.76. The van der Waals surface area contributed by atoms with Crippen LogP contribution >= 0.6 is 0 Å². The van der Waals surface area contributed by atoms with Crippen molar-refractivity contribution in [2.24, 2.45) is 0 Å². The minimum atomic E-state index is -4.84. The Morgan fingerprint density at radius 3 is 2.42 bits per heavy atom. The summed E-state index contributed by atoms with van der Waals surface area (Å²) >= 11 is 0. The number of carbonyl (C=O) groups is 1. The van der Waals surface area contributed by atoms with Crippen LogP contribution in [0.5, 0.6) is 0 Å². The van der Waals surface area contributed by atoms with E-state index in [1.807, 2.05) is 0 Å². The van der Waals surface area contributed by atoms with Gasteiger partial charge >= 0.3 is 6.18 Å². The standard InChI is InChI=1S/C13H8F4O2/c1-7-9(4-5-19-7)12(18)8-2-3-11(14)10(6-8)13(15,16)17/h2-6H,1H3. The fourth-order valence-corrected chi connectivity index (χ4v) is 1.66. The molecule has 0 spiro atoms. The normalized spacial score (nSPS) is 11.6. The van der Waals surface area contributed by atoms with Gasteiger partial charge in [0.15, 0.2) is 5.78 Å². The van der Waals surface area contributed by atoms with E-state index in [4.69, 9.17) is 4.42 Å². The third kappa shape index (κ3) is 2.52. The molecule has 6 heteroatoms. The number of halogens is 4. The highest BCUT2D eigenvalue weighted by molar-refractivity contribution is 6.09. The summed E-state index contributed by atoms with van der Waals surface area (Å²) in [5.41, 5.74) is -1.54. The lowest BCUT2D eigenvalue weighted by Gasteiger charge is -2.09. The number of ketones is 1. The average molecular weight is 272 g/mol. The van der Waals surface area contributed by atoms with E-state index < -0.39 is 23.3 Å². The van der Waals surface area contributed by atoms with Gasteiger partial charge in [0.25, 0.3) is 0 Å². The van der Waals surface area contributed by atoms with Gasteiger partial charge in [-0.25, -0.2) is 4.39 Å². The summed E-state index contributed by atoms with van der Waals surface area (Å²) in [4.78, 5) is 12.0. The topological polar surface area (TPSA) is 30.2 Å². The van der Waals surface area contributed by atoms with Gasteiger partial charge in [-0.05, 0) is 31.2 Å². The van der Waals surface area contributed by atoms with Crippen molar-refractivity contribution in [1.82, 2.24) is 0 Å². The smallest absolute Gasteiger partial charge is 0.419 e. The molecule has 0 aliphatic heterocycles. The average Bonchev–Trinajstić information content (AvgIpc) is 2.73. The van der Waals surface area contributed by atoms with Gasteiger partial charge in [0.1, 0.15) is 11.6 Å². The first-order chi connectivity index (χ1) is 8.80. The molecular formula is C13H8F4O2. The van der Waals surface area contributed by atoms with Crippen LogP contribution < -0.4 is 0 Å². The Kier molecular flexibility index (Phi) is 3.18. The first kappa shape index (κ1) is 13.3. The lowest BCUT2D eigenvalue weighted by molar-refractivity contribution is -0.140. The Balaban J connectivity index is 2.48. The van der Waals surface area contributed by atoms with Gasteiger partial charge in [-0.1, -0.05) is 0 Å². The molecule has 0 amide bonds. The van der Waals surface area contributed by atoms with Crippen LogP contribution in [-0.4, -0.2) is 5.78 Å². The summed E-state index contributed by atoms with van der Waals surface area (Å²) in [6, 6.07) is 3.50. The highest BCUT2D eigenvalue weighted by Gasteiger charge is 2.34. The second kappa shape index (κ2) is 4.53. The number of hydrogen-bond donors (Lipinski definition) is 0. The van der Waals surface area contributed by atoms with Crippen molar-refractivity contribution in [1.29, 1.82) is 0 Å². The molecule has 0 aliphatic carbocycles. The molecule has 0 saturated carbocycles. The molecule has 2 aromatic rings. The predicted molar refractivity (Wildman–Crippen MR) is 58.3 cm³/mol. The molecule has 0 N–H and O–H groups in total. The zero-order valence-electron chi connectivity index (χ0n) is 9.72.